The Morgan fingerprint density at radius 2 is 1.80 bits per heavy atom. The van der Waals surface area contributed by atoms with Gasteiger partial charge >= 0.3 is 6.09 Å². The number of nitrogens with one attached hydrogen (secondary N) is 1. The molecule has 2 fully saturated rings. The van der Waals surface area contributed by atoms with Crippen LogP contribution in [0, 0.1) is 5.92 Å². The molecule has 11 heteroatoms. The topological polar surface area (TPSA) is 124 Å². The van der Waals surface area contributed by atoms with Gasteiger partial charge in [-0.15, -0.1) is 0 Å². The smallest absolute Gasteiger partial charge is 0.407 e. The summed E-state index contributed by atoms with van der Waals surface area (Å²) in [6.07, 6.45) is 7.79. The SMILES string of the molecule is O=C(N[C@@H](Cc1ccccc1)[C@H](O)CN1CCCC/C=C\CCCCOc2cccc(c2)S1(=O)=O)O[C@H]1CO[C@H]2OCCC21. The maximum Gasteiger partial charge on any atom is 0.407 e. The number of aliphatic hydroxyl groups excluding tert-OH is 1. The first-order valence-electron chi connectivity index (χ1n) is 15.7. The predicted octanol–water partition coefficient (Wildman–Crippen LogP) is 4.43. The van der Waals surface area contributed by atoms with Gasteiger partial charge in [0, 0.05) is 19.2 Å². The average Bonchev–Trinajstić information content (AvgIpc) is 3.64. The summed E-state index contributed by atoms with van der Waals surface area (Å²) in [5.41, 5.74) is 0.887. The number of rotatable bonds is 7. The number of amides is 1. The average molecular weight is 629 g/mol. The van der Waals surface area contributed by atoms with E-state index < -0.39 is 34.4 Å². The number of sulfonamides is 1. The molecule has 5 atom stereocenters. The van der Waals surface area contributed by atoms with Gasteiger partial charge in [0.25, 0.3) is 0 Å². The lowest BCUT2D eigenvalue weighted by molar-refractivity contribution is -0.0907. The Bertz CT molecular complexity index is 1340. The summed E-state index contributed by atoms with van der Waals surface area (Å²) in [6.45, 7) is 1.33. The largest absolute Gasteiger partial charge is 0.494 e. The van der Waals surface area contributed by atoms with Gasteiger partial charge in [0.15, 0.2) is 6.29 Å². The Kier molecular flexibility index (Phi) is 11.7. The lowest BCUT2D eigenvalue weighted by atomic mass is 10.0. The van der Waals surface area contributed by atoms with E-state index in [0.29, 0.717) is 25.4 Å². The fourth-order valence-corrected chi connectivity index (χ4v) is 7.41. The first-order valence-corrected chi connectivity index (χ1v) is 17.1. The Morgan fingerprint density at radius 3 is 2.61 bits per heavy atom. The summed E-state index contributed by atoms with van der Waals surface area (Å²) >= 11 is 0. The van der Waals surface area contributed by atoms with Crippen LogP contribution in [-0.4, -0.2) is 81.4 Å². The number of fused-ring (bicyclic) bond motifs is 3. The summed E-state index contributed by atoms with van der Waals surface area (Å²) in [5.74, 6) is 0.467. The van der Waals surface area contributed by atoms with Crippen molar-refractivity contribution >= 4 is 16.1 Å². The fraction of sp³-hybridized carbons (Fsp3) is 0.545. The molecular weight excluding hydrogens is 584 g/mol. The van der Waals surface area contributed by atoms with Crippen molar-refractivity contribution in [2.45, 2.75) is 80.8 Å². The Balaban J connectivity index is 1.33. The summed E-state index contributed by atoms with van der Waals surface area (Å²) in [4.78, 5) is 13.2. The molecule has 5 rings (SSSR count). The molecule has 3 aliphatic rings. The molecule has 0 spiro atoms. The number of hydrogen-bond acceptors (Lipinski definition) is 8. The number of aliphatic hydroxyl groups is 1. The van der Waals surface area contributed by atoms with Gasteiger partial charge in [0.05, 0.1) is 42.8 Å². The number of β-amino-alcohol motifs (C(OH)–C–C–N with tert-alkyl or cyclic N) is 1. The molecule has 44 heavy (non-hydrogen) atoms. The number of nitrogens with zero attached hydrogens (tertiary/aromatic N) is 1. The van der Waals surface area contributed by atoms with Crippen LogP contribution in [0.3, 0.4) is 0 Å². The Morgan fingerprint density at radius 1 is 1.00 bits per heavy atom. The van der Waals surface area contributed by atoms with Gasteiger partial charge in [0.2, 0.25) is 10.0 Å². The van der Waals surface area contributed by atoms with E-state index in [0.717, 1.165) is 44.1 Å². The highest BCUT2D eigenvalue weighted by molar-refractivity contribution is 7.89. The molecule has 2 N–H and O–H groups in total. The Labute approximate surface area is 260 Å². The highest BCUT2D eigenvalue weighted by Gasteiger charge is 2.44. The molecule has 0 saturated carbocycles. The molecule has 0 radical (unpaired) electrons. The number of ether oxygens (including phenoxy) is 4. The summed E-state index contributed by atoms with van der Waals surface area (Å²) in [5, 5.41) is 14.4. The lowest BCUT2D eigenvalue weighted by Crippen LogP contribution is -2.51. The standard InChI is InChI=1S/C33H44N2O8S/c36-30(29(21-25-13-8-7-9-14-25)34-33(37)43-31-24-42-32-28(31)17-20-41-32)23-35-18-10-5-3-1-2-4-6-11-19-40-26-15-12-16-27(22-26)44(35,38)39/h1-2,7-9,12-16,22,28-32,36H,3-6,10-11,17-21,23-24H2,(H,34,37)/b2-1-/t28?,29-,30+,31-,32+/m0/s1. The summed E-state index contributed by atoms with van der Waals surface area (Å²) < 4.78 is 52.0. The first kappa shape index (κ1) is 32.4. The van der Waals surface area contributed by atoms with E-state index in [1.54, 1.807) is 24.3 Å². The van der Waals surface area contributed by atoms with Crippen LogP contribution in [0.25, 0.3) is 0 Å². The van der Waals surface area contributed by atoms with E-state index >= 15 is 0 Å². The van der Waals surface area contributed by atoms with Crippen molar-refractivity contribution in [2.24, 2.45) is 5.92 Å². The number of carbonyl (C=O) groups excluding carboxylic acids is 1. The second kappa shape index (κ2) is 15.9. The second-order valence-corrected chi connectivity index (χ2v) is 13.6. The second-order valence-electron chi connectivity index (χ2n) is 11.6. The third kappa shape index (κ3) is 8.82. The first-order chi connectivity index (χ1) is 21.4. The molecule has 2 saturated heterocycles. The van der Waals surface area contributed by atoms with Gasteiger partial charge in [-0.05, 0) is 69.1 Å². The van der Waals surface area contributed by atoms with Crippen molar-refractivity contribution in [3.05, 3.63) is 72.3 Å². The molecule has 1 amide bonds. The van der Waals surface area contributed by atoms with Crippen molar-refractivity contribution in [1.29, 1.82) is 0 Å². The van der Waals surface area contributed by atoms with Crippen LogP contribution in [0.4, 0.5) is 4.79 Å². The highest BCUT2D eigenvalue weighted by atomic mass is 32.2. The summed E-state index contributed by atoms with van der Waals surface area (Å²) in [6, 6.07) is 15.2. The van der Waals surface area contributed by atoms with Crippen LogP contribution in [0.15, 0.2) is 71.6 Å². The fourth-order valence-electron chi connectivity index (χ4n) is 5.88. The number of alkyl carbamates (subject to hydrolysis) is 1. The third-order valence-electron chi connectivity index (χ3n) is 8.37. The predicted molar refractivity (Wildman–Crippen MR) is 165 cm³/mol. The number of allylic oxidation sites excluding steroid dienone is 2. The minimum atomic E-state index is -3.98. The summed E-state index contributed by atoms with van der Waals surface area (Å²) in [7, 11) is -3.98. The van der Waals surface area contributed by atoms with Crippen LogP contribution >= 0.6 is 0 Å². The molecule has 2 bridgehead atoms. The lowest BCUT2D eigenvalue weighted by Gasteiger charge is -2.30. The Hall–Kier alpha value is -2.96. The maximum atomic E-state index is 14.0. The van der Waals surface area contributed by atoms with Crippen LogP contribution in [0.5, 0.6) is 5.75 Å². The van der Waals surface area contributed by atoms with Crippen molar-refractivity contribution in [3.8, 4) is 5.75 Å². The molecule has 0 aliphatic carbocycles. The molecule has 3 heterocycles. The van der Waals surface area contributed by atoms with Crippen LogP contribution in [0.1, 0.15) is 50.5 Å². The van der Waals surface area contributed by atoms with Gasteiger partial charge in [-0.3, -0.25) is 0 Å². The maximum absolute atomic E-state index is 14.0. The zero-order valence-corrected chi connectivity index (χ0v) is 25.9. The quantitative estimate of drug-likeness (QED) is 0.432. The van der Waals surface area contributed by atoms with Crippen molar-refractivity contribution in [3.63, 3.8) is 0 Å². The van der Waals surface area contributed by atoms with Gasteiger partial charge in [-0.1, -0.05) is 48.6 Å². The zero-order valence-electron chi connectivity index (χ0n) is 25.1. The monoisotopic (exact) mass is 628 g/mol. The molecule has 1 unspecified atom stereocenters. The molecule has 10 nitrogen and oxygen atoms in total. The molecule has 240 valence electrons. The number of benzene rings is 2. The van der Waals surface area contributed by atoms with Gasteiger partial charge < -0.3 is 29.4 Å². The van der Waals surface area contributed by atoms with Crippen molar-refractivity contribution < 1.29 is 37.3 Å². The van der Waals surface area contributed by atoms with E-state index in [-0.39, 0.29) is 43.2 Å². The highest BCUT2D eigenvalue weighted by Crippen LogP contribution is 2.33. The normalized spacial score (nSPS) is 26.5. The van der Waals surface area contributed by atoms with E-state index in [9.17, 15) is 18.3 Å². The molecule has 2 aromatic rings. The minimum absolute atomic E-state index is 0.0255. The number of hydrogen-bond donors (Lipinski definition) is 2. The zero-order chi connectivity index (χ0) is 30.8. The third-order valence-corrected chi connectivity index (χ3v) is 10.2. The van der Waals surface area contributed by atoms with Crippen LogP contribution in [0.2, 0.25) is 0 Å². The van der Waals surface area contributed by atoms with E-state index in [1.165, 1.54) is 4.31 Å². The molecule has 2 aromatic carbocycles. The van der Waals surface area contributed by atoms with E-state index in [4.69, 9.17) is 18.9 Å². The van der Waals surface area contributed by atoms with Crippen LogP contribution < -0.4 is 10.1 Å². The molecular formula is C33H44N2O8S. The van der Waals surface area contributed by atoms with E-state index in [1.807, 2.05) is 30.3 Å². The van der Waals surface area contributed by atoms with Crippen molar-refractivity contribution in [2.75, 3.05) is 32.9 Å². The van der Waals surface area contributed by atoms with Gasteiger partial charge in [0.1, 0.15) is 11.9 Å². The van der Waals surface area contributed by atoms with Gasteiger partial charge in [-0.2, -0.15) is 4.31 Å². The van der Waals surface area contributed by atoms with Gasteiger partial charge in [-0.25, -0.2) is 13.2 Å². The minimum Gasteiger partial charge on any atom is -0.494 e. The van der Waals surface area contributed by atoms with Crippen molar-refractivity contribution in [1.82, 2.24) is 9.62 Å². The van der Waals surface area contributed by atoms with E-state index in [2.05, 4.69) is 17.5 Å². The molecule has 3 aliphatic heterocycles. The van der Waals surface area contributed by atoms with Crippen LogP contribution in [-0.2, 0) is 30.7 Å². The molecule has 0 aromatic heterocycles. The number of carbonyl (C=O) groups is 1.